The van der Waals surface area contributed by atoms with Crippen LogP contribution in [0.25, 0.3) is 0 Å². The highest BCUT2D eigenvalue weighted by Crippen LogP contribution is 2.17. The summed E-state index contributed by atoms with van der Waals surface area (Å²) in [6.45, 7) is 4.84. The third kappa shape index (κ3) is 3.14. The van der Waals surface area contributed by atoms with Gasteiger partial charge < -0.3 is 4.90 Å². The Labute approximate surface area is 118 Å². The molecule has 0 amide bonds. The monoisotopic (exact) mass is 271 g/mol. The Morgan fingerprint density at radius 3 is 2.45 bits per heavy atom. The number of hydrogen-bond donors (Lipinski definition) is 0. The lowest BCUT2D eigenvalue weighted by atomic mass is 10.2. The highest BCUT2D eigenvalue weighted by Gasteiger charge is 2.17. The molecule has 1 aromatic carbocycles. The molecule has 2 aromatic rings. The van der Waals surface area contributed by atoms with Crippen molar-refractivity contribution in [1.82, 2.24) is 9.88 Å². The second-order valence-electron chi connectivity index (χ2n) is 5.09. The zero-order valence-electron chi connectivity index (χ0n) is 11.4. The normalized spacial score (nSPS) is 16.4. The van der Waals surface area contributed by atoms with Crippen molar-refractivity contribution in [2.45, 2.75) is 6.54 Å². The predicted molar refractivity (Wildman–Crippen MR) is 78.1 cm³/mol. The minimum Gasteiger partial charge on any atom is -0.369 e. The molecule has 4 heteroatoms. The number of nitrogens with zero attached hydrogens (tertiary/aromatic N) is 3. The number of rotatable bonds is 3. The van der Waals surface area contributed by atoms with E-state index in [1.807, 2.05) is 12.1 Å². The van der Waals surface area contributed by atoms with Crippen molar-refractivity contribution < 1.29 is 4.39 Å². The minimum absolute atomic E-state index is 0.408. The lowest BCUT2D eigenvalue weighted by Gasteiger charge is -2.36. The molecule has 0 N–H and O–H groups in total. The van der Waals surface area contributed by atoms with Gasteiger partial charge in [0.15, 0.2) is 0 Å². The quantitative estimate of drug-likeness (QED) is 0.800. The van der Waals surface area contributed by atoms with E-state index in [1.165, 1.54) is 17.8 Å². The highest BCUT2D eigenvalue weighted by molar-refractivity contribution is 5.45. The van der Waals surface area contributed by atoms with Gasteiger partial charge in [-0.1, -0.05) is 30.3 Å². The molecule has 1 aromatic heterocycles. The Hall–Kier alpha value is -1.94. The molecule has 0 bridgehead atoms. The summed E-state index contributed by atoms with van der Waals surface area (Å²) in [7, 11) is 0. The fourth-order valence-electron chi connectivity index (χ4n) is 2.59. The van der Waals surface area contributed by atoms with Crippen molar-refractivity contribution in [1.29, 1.82) is 0 Å². The minimum atomic E-state index is -0.408. The van der Waals surface area contributed by atoms with Crippen LogP contribution in [0.2, 0.25) is 0 Å². The summed E-state index contributed by atoms with van der Waals surface area (Å²) in [5.41, 5.74) is 2.27. The molecule has 2 heterocycles. The molecule has 0 saturated carbocycles. The molecule has 3 rings (SSSR count). The van der Waals surface area contributed by atoms with Crippen LogP contribution in [0.15, 0.2) is 48.7 Å². The average Bonchev–Trinajstić information content (AvgIpc) is 2.49. The largest absolute Gasteiger partial charge is 0.369 e. The Morgan fingerprint density at radius 2 is 1.75 bits per heavy atom. The molecule has 0 unspecified atom stereocenters. The maximum absolute atomic E-state index is 13.1. The van der Waals surface area contributed by atoms with Crippen LogP contribution in [0, 0.1) is 5.95 Å². The van der Waals surface area contributed by atoms with E-state index in [0.29, 0.717) is 0 Å². The summed E-state index contributed by atoms with van der Waals surface area (Å²) in [4.78, 5) is 8.25. The summed E-state index contributed by atoms with van der Waals surface area (Å²) in [6, 6.07) is 13.9. The molecule has 0 aliphatic carbocycles. The number of pyridine rings is 1. The Kier molecular flexibility index (Phi) is 3.92. The number of piperazine rings is 1. The molecule has 3 nitrogen and oxygen atoms in total. The number of anilines is 1. The Balaban J connectivity index is 1.57. The third-order valence-electron chi connectivity index (χ3n) is 3.70. The lowest BCUT2D eigenvalue weighted by Crippen LogP contribution is -2.46. The summed E-state index contributed by atoms with van der Waals surface area (Å²) in [6.07, 6.45) is 1.53. The third-order valence-corrected chi connectivity index (χ3v) is 3.70. The van der Waals surface area contributed by atoms with E-state index in [-0.39, 0.29) is 0 Å². The van der Waals surface area contributed by atoms with E-state index in [0.717, 1.165) is 38.4 Å². The van der Waals surface area contributed by atoms with Crippen molar-refractivity contribution in [3.05, 3.63) is 60.2 Å². The van der Waals surface area contributed by atoms with Crippen molar-refractivity contribution in [3.63, 3.8) is 0 Å². The van der Waals surface area contributed by atoms with Crippen LogP contribution in [0.1, 0.15) is 5.56 Å². The fourth-order valence-corrected chi connectivity index (χ4v) is 2.59. The molecule has 0 atom stereocenters. The average molecular weight is 271 g/mol. The van der Waals surface area contributed by atoms with Gasteiger partial charge in [-0.15, -0.1) is 0 Å². The first-order valence-corrected chi connectivity index (χ1v) is 6.94. The van der Waals surface area contributed by atoms with Gasteiger partial charge >= 0.3 is 0 Å². The topological polar surface area (TPSA) is 19.4 Å². The van der Waals surface area contributed by atoms with Crippen molar-refractivity contribution in [3.8, 4) is 0 Å². The Bertz CT molecular complexity index is 551. The van der Waals surface area contributed by atoms with Gasteiger partial charge in [0.1, 0.15) is 0 Å². The van der Waals surface area contributed by atoms with Gasteiger partial charge in [-0.3, -0.25) is 4.90 Å². The summed E-state index contributed by atoms with van der Waals surface area (Å²) in [5.74, 6) is -0.408. The zero-order valence-corrected chi connectivity index (χ0v) is 11.4. The van der Waals surface area contributed by atoms with Crippen molar-refractivity contribution >= 4 is 5.69 Å². The van der Waals surface area contributed by atoms with Crippen LogP contribution in [0.4, 0.5) is 10.1 Å². The highest BCUT2D eigenvalue weighted by atomic mass is 19.1. The van der Waals surface area contributed by atoms with Crippen LogP contribution < -0.4 is 4.90 Å². The first kappa shape index (κ1) is 13.1. The van der Waals surface area contributed by atoms with Crippen LogP contribution in [-0.2, 0) is 6.54 Å². The van der Waals surface area contributed by atoms with Crippen LogP contribution in [0.3, 0.4) is 0 Å². The summed E-state index contributed by atoms with van der Waals surface area (Å²) < 4.78 is 13.1. The molecule has 1 aliphatic heterocycles. The maximum Gasteiger partial charge on any atom is 0.214 e. The summed E-state index contributed by atoms with van der Waals surface area (Å²) in [5, 5.41) is 0. The van der Waals surface area contributed by atoms with E-state index in [4.69, 9.17) is 0 Å². The number of halogens is 1. The van der Waals surface area contributed by atoms with E-state index >= 15 is 0 Å². The molecule has 0 radical (unpaired) electrons. The van der Waals surface area contributed by atoms with Gasteiger partial charge in [0, 0.05) is 50.7 Å². The standard InChI is InChI=1S/C16H18FN3/c17-16-12-15(6-7-18-16)20-10-8-19(9-11-20)13-14-4-2-1-3-5-14/h1-7,12H,8-11,13H2. The predicted octanol–water partition coefficient (Wildman–Crippen LogP) is 2.54. The van der Waals surface area contributed by atoms with E-state index in [9.17, 15) is 4.39 Å². The molecular formula is C16H18FN3. The van der Waals surface area contributed by atoms with Gasteiger partial charge in [-0.05, 0) is 11.6 Å². The number of hydrogen-bond acceptors (Lipinski definition) is 3. The Morgan fingerprint density at radius 1 is 1.00 bits per heavy atom. The first-order chi connectivity index (χ1) is 9.81. The van der Waals surface area contributed by atoms with Crippen LogP contribution >= 0.6 is 0 Å². The van der Waals surface area contributed by atoms with E-state index in [1.54, 1.807) is 0 Å². The van der Waals surface area contributed by atoms with Crippen LogP contribution in [0.5, 0.6) is 0 Å². The van der Waals surface area contributed by atoms with Crippen LogP contribution in [-0.4, -0.2) is 36.1 Å². The van der Waals surface area contributed by atoms with Crippen molar-refractivity contribution in [2.24, 2.45) is 0 Å². The molecule has 104 valence electrons. The van der Waals surface area contributed by atoms with E-state index in [2.05, 4.69) is 39.0 Å². The first-order valence-electron chi connectivity index (χ1n) is 6.94. The molecule has 20 heavy (non-hydrogen) atoms. The second kappa shape index (κ2) is 6.01. The van der Waals surface area contributed by atoms with E-state index < -0.39 is 5.95 Å². The fraction of sp³-hybridized carbons (Fsp3) is 0.312. The van der Waals surface area contributed by atoms with Gasteiger partial charge in [0.25, 0.3) is 0 Å². The molecule has 0 spiro atoms. The van der Waals surface area contributed by atoms with Gasteiger partial charge in [0.05, 0.1) is 0 Å². The van der Waals surface area contributed by atoms with Gasteiger partial charge in [-0.2, -0.15) is 4.39 Å². The lowest BCUT2D eigenvalue weighted by molar-refractivity contribution is 0.250. The smallest absolute Gasteiger partial charge is 0.214 e. The molecule has 1 fully saturated rings. The molecule has 1 saturated heterocycles. The molecule has 1 aliphatic rings. The number of aromatic nitrogens is 1. The SMILES string of the molecule is Fc1cc(N2CCN(Cc3ccccc3)CC2)ccn1. The van der Waals surface area contributed by atoms with Gasteiger partial charge in [0.2, 0.25) is 5.95 Å². The number of benzene rings is 1. The van der Waals surface area contributed by atoms with Gasteiger partial charge in [-0.25, -0.2) is 4.98 Å². The second-order valence-corrected chi connectivity index (χ2v) is 5.09. The maximum atomic E-state index is 13.1. The van der Waals surface area contributed by atoms with Crippen molar-refractivity contribution in [2.75, 3.05) is 31.1 Å². The zero-order chi connectivity index (χ0) is 13.8. The summed E-state index contributed by atoms with van der Waals surface area (Å²) >= 11 is 0. The molecular weight excluding hydrogens is 253 g/mol.